The number of rotatable bonds is 4. The molecular formula is C18H20N2O2. The highest BCUT2D eigenvalue weighted by atomic mass is 16.4. The number of nitrogens with zero attached hydrogens (tertiary/aromatic N) is 2. The van der Waals surface area contributed by atoms with Crippen molar-refractivity contribution in [3.8, 4) is 0 Å². The van der Waals surface area contributed by atoms with Gasteiger partial charge in [0.25, 0.3) is 0 Å². The summed E-state index contributed by atoms with van der Waals surface area (Å²) >= 11 is 0. The summed E-state index contributed by atoms with van der Waals surface area (Å²) in [5.41, 5.74) is 3.81. The van der Waals surface area contributed by atoms with Gasteiger partial charge in [-0.15, -0.1) is 0 Å². The highest BCUT2D eigenvalue weighted by Crippen LogP contribution is 2.31. The largest absolute Gasteiger partial charge is 0.478 e. The summed E-state index contributed by atoms with van der Waals surface area (Å²) in [6.45, 7) is 3.84. The summed E-state index contributed by atoms with van der Waals surface area (Å²) < 4.78 is 2.23. The van der Waals surface area contributed by atoms with Crippen LogP contribution >= 0.6 is 0 Å². The molecule has 0 radical (unpaired) electrons. The smallest absolute Gasteiger partial charge is 0.335 e. The second-order valence-corrected chi connectivity index (χ2v) is 5.87. The molecule has 114 valence electrons. The lowest BCUT2D eigenvalue weighted by Gasteiger charge is -2.10. The summed E-state index contributed by atoms with van der Waals surface area (Å²) in [6, 6.07) is 11.8. The van der Waals surface area contributed by atoms with Gasteiger partial charge in [0, 0.05) is 34.9 Å². The van der Waals surface area contributed by atoms with Crippen molar-refractivity contribution in [1.82, 2.24) is 9.47 Å². The molecule has 0 amide bonds. The molecule has 0 atom stereocenters. The molecule has 22 heavy (non-hydrogen) atoms. The van der Waals surface area contributed by atoms with E-state index in [0.717, 1.165) is 34.9 Å². The molecule has 3 rings (SSSR count). The van der Waals surface area contributed by atoms with Gasteiger partial charge in [-0.1, -0.05) is 6.07 Å². The van der Waals surface area contributed by atoms with Gasteiger partial charge in [0.15, 0.2) is 0 Å². The Hall–Kier alpha value is -2.33. The quantitative estimate of drug-likeness (QED) is 0.800. The Kier molecular flexibility index (Phi) is 3.62. The van der Waals surface area contributed by atoms with Crippen molar-refractivity contribution in [1.29, 1.82) is 0 Å². The molecule has 0 aliphatic heterocycles. The molecule has 0 fully saturated rings. The monoisotopic (exact) mass is 296 g/mol. The molecular weight excluding hydrogens is 276 g/mol. The average molecular weight is 296 g/mol. The van der Waals surface area contributed by atoms with Gasteiger partial charge in [-0.2, -0.15) is 0 Å². The highest BCUT2D eigenvalue weighted by Gasteiger charge is 2.13. The number of aromatic nitrogens is 1. The van der Waals surface area contributed by atoms with Crippen LogP contribution < -0.4 is 0 Å². The lowest BCUT2D eigenvalue weighted by atomic mass is 10.1. The van der Waals surface area contributed by atoms with E-state index < -0.39 is 5.97 Å². The van der Waals surface area contributed by atoms with E-state index >= 15 is 0 Å². The Balaban J connectivity index is 2.32. The third-order valence-corrected chi connectivity index (χ3v) is 3.99. The zero-order valence-corrected chi connectivity index (χ0v) is 13.1. The lowest BCUT2D eigenvalue weighted by molar-refractivity contribution is 0.0697. The molecule has 4 heteroatoms. The predicted octanol–water partition coefficient (Wildman–Crippen LogP) is 3.57. The minimum Gasteiger partial charge on any atom is -0.478 e. The molecule has 4 nitrogen and oxygen atoms in total. The summed E-state index contributed by atoms with van der Waals surface area (Å²) in [6.07, 6.45) is 0. The third-order valence-electron chi connectivity index (χ3n) is 3.99. The SMILES string of the molecule is CCn1c2ccc(CN(C)C)cc2c2cc(C(=O)O)ccc21. The fraction of sp³-hybridized carbons (Fsp3) is 0.278. The first kappa shape index (κ1) is 14.6. The lowest BCUT2D eigenvalue weighted by Crippen LogP contribution is -2.10. The molecule has 0 aliphatic rings. The molecule has 3 aromatic rings. The van der Waals surface area contributed by atoms with Crippen molar-refractivity contribution in [2.75, 3.05) is 14.1 Å². The number of hydrogen-bond donors (Lipinski definition) is 1. The number of aryl methyl sites for hydroxylation is 1. The van der Waals surface area contributed by atoms with Crippen molar-refractivity contribution in [3.05, 3.63) is 47.5 Å². The highest BCUT2D eigenvalue weighted by molar-refractivity contribution is 6.10. The van der Waals surface area contributed by atoms with Crippen LogP contribution in [0, 0.1) is 0 Å². The normalized spacial score (nSPS) is 11.6. The van der Waals surface area contributed by atoms with E-state index in [2.05, 4.69) is 34.6 Å². The number of aromatic carboxylic acids is 1. The third kappa shape index (κ3) is 2.35. The van der Waals surface area contributed by atoms with E-state index in [4.69, 9.17) is 0 Å². The van der Waals surface area contributed by atoms with Crippen LogP contribution in [0.5, 0.6) is 0 Å². The zero-order valence-electron chi connectivity index (χ0n) is 13.1. The van der Waals surface area contributed by atoms with E-state index in [-0.39, 0.29) is 0 Å². The topological polar surface area (TPSA) is 45.5 Å². The molecule has 0 spiro atoms. The Labute approximate surface area is 129 Å². The number of carboxylic acids is 1. The molecule has 1 aromatic heterocycles. The van der Waals surface area contributed by atoms with Gasteiger partial charge in [-0.25, -0.2) is 4.79 Å². The summed E-state index contributed by atoms with van der Waals surface area (Å²) in [4.78, 5) is 13.4. The fourth-order valence-corrected chi connectivity index (χ4v) is 3.09. The van der Waals surface area contributed by atoms with E-state index in [1.54, 1.807) is 12.1 Å². The zero-order chi connectivity index (χ0) is 15.9. The second kappa shape index (κ2) is 5.46. The summed E-state index contributed by atoms with van der Waals surface area (Å²) in [7, 11) is 4.09. The predicted molar refractivity (Wildman–Crippen MR) is 89.5 cm³/mol. The summed E-state index contributed by atoms with van der Waals surface area (Å²) in [5.74, 6) is -0.885. The molecule has 2 aromatic carbocycles. The van der Waals surface area contributed by atoms with Gasteiger partial charge in [0.1, 0.15) is 0 Å². The van der Waals surface area contributed by atoms with Gasteiger partial charge >= 0.3 is 5.97 Å². The standard InChI is InChI=1S/C18H20N2O2/c1-4-20-16-7-5-12(11-19(2)3)9-14(16)15-10-13(18(21)22)6-8-17(15)20/h5-10H,4,11H2,1-3H3,(H,21,22). The van der Waals surface area contributed by atoms with Crippen LogP contribution in [0.1, 0.15) is 22.8 Å². The number of hydrogen-bond acceptors (Lipinski definition) is 2. The minimum absolute atomic E-state index is 0.334. The molecule has 0 bridgehead atoms. The maximum Gasteiger partial charge on any atom is 0.335 e. The number of fused-ring (bicyclic) bond motifs is 3. The van der Waals surface area contributed by atoms with Gasteiger partial charge in [-0.3, -0.25) is 0 Å². The second-order valence-electron chi connectivity index (χ2n) is 5.87. The molecule has 1 N–H and O–H groups in total. The van der Waals surface area contributed by atoms with Crippen molar-refractivity contribution < 1.29 is 9.90 Å². The van der Waals surface area contributed by atoms with Crippen LogP contribution in [0.25, 0.3) is 21.8 Å². The molecule has 1 heterocycles. The molecule has 0 aliphatic carbocycles. The van der Waals surface area contributed by atoms with Gasteiger partial charge < -0.3 is 14.6 Å². The van der Waals surface area contributed by atoms with Crippen LogP contribution in [-0.4, -0.2) is 34.6 Å². The Morgan fingerprint density at radius 2 is 1.73 bits per heavy atom. The Morgan fingerprint density at radius 1 is 1.09 bits per heavy atom. The van der Waals surface area contributed by atoms with Crippen LogP contribution in [0.4, 0.5) is 0 Å². The van der Waals surface area contributed by atoms with E-state index in [1.165, 1.54) is 5.56 Å². The number of carbonyl (C=O) groups is 1. The minimum atomic E-state index is -0.885. The van der Waals surface area contributed by atoms with Crippen molar-refractivity contribution in [2.24, 2.45) is 0 Å². The van der Waals surface area contributed by atoms with Crippen molar-refractivity contribution in [2.45, 2.75) is 20.0 Å². The first-order valence-electron chi connectivity index (χ1n) is 7.44. The number of benzene rings is 2. The van der Waals surface area contributed by atoms with Crippen LogP contribution in [0.15, 0.2) is 36.4 Å². The van der Waals surface area contributed by atoms with Crippen molar-refractivity contribution in [3.63, 3.8) is 0 Å². The number of carboxylic acid groups (broad SMARTS) is 1. The van der Waals surface area contributed by atoms with Crippen LogP contribution in [-0.2, 0) is 13.1 Å². The molecule has 0 saturated carbocycles. The van der Waals surface area contributed by atoms with Gasteiger partial charge in [0.2, 0.25) is 0 Å². The van der Waals surface area contributed by atoms with E-state index in [9.17, 15) is 9.90 Å². The average Bonchev–Trinajstić information content (AvgIpc) is 2.79. The van der Waals surface area contributed by atoms with Gasteiger partial charge in [-0.05, 0) is 56.9 Å². The maximum atomic E-state index is 11.3. The van der Waals surface area contributed by atoms with E-state index in [0.29, 0.717) is 5.56 Å². The molecule has 0 unspecified atom stereocenters. The fourth-order valence-electron chi connectivity index (χ4n) is 3.09. The maximum absolute atomic E-state index is 11.3. The van der Waals surface area contributed by atoms with E-state index in [1.807, 2.05) is 20.2 Å². The van der Waals surface area contributed by atoms with Crippen LogP contribution in [0.3, 0.4) is 0 Å². The van der Waals surface area contributed by atoms with Gasteiger partial charge in [0.05, 0.1) is 5.56 Å². The summed E-state index contributed by atoms with van der Waals surface area (Å²) in [5, 5.41) is 11.4. The van der Waals surface area contributed by atoms with Crippen molar-refractivity contribution >= 4 is 27.8 Å². The first-order chi connectivity index (χ1) is 10.5. The van der Waals surface area contributed by atoms with Crippen LogP contribution in [0.2, 0.25) is 0 Å². The Morgan fingerprint density at radius 3 is 2.32 bits per heavy atom. The Bertz CT molecular complexity index is 862. The molecule has 0 saturated heterocycles. The first-order valence-corrected chi connectivity index (χ1v) is 7.44.